The summed E-state index contributed by atoms with van der Waals surface area (Å²) in [4.78, 5) is 13.0. The summed E-state index contributed by atoms with van der Waals surface area (Å²) in [6.07, 6.45) is 2.44. The number of nitrogens with zero attached hydrogens (tertiary/aromatic N) is 3. The van der Waals surface area contributed by atoms with Crippen LogP contribution in [-0.2, 0) is 6.42 Å². The normalized spacial score (nSPS) is 10.4. The number of hydrogen-bond acceptors (Lipinski definition) is 5. The standard InChI is InChI=1S/C10H11BrN4S/c1-6-5-16-9(14-6)3-8-13-4-7(11)10(12-2)15-8/h4-5H,3H2,1-2H3,(H,12,13,15). The van der Waals surface area contributed by atoms with E-state index >= 15 is 0 Å². The molecular formula is C10H11BrN4S. The summed E-state index contributed by atoms with van der Waals surface area (Å²) in [6.45, 7) is 1.99. The minimum Gasteiger partial charge on any atom is -0.372 e. The Balaban J connectivity index is 2.21. The van der Waals surface area contributed by atoms with Gasteiger partial charge < -0.3 is 5.32 Å². The van der Waals surface area contributed by atoms with Crippen molar-refractivity contribution in [3.63, 3.8) is 0 Å². The molecular weight excluding hydrogens is 288 g/mol. The van der Waals surface area contributed by atoms with Gasteiger partial charge in [0.2, 0.25) is 0 Å². The van der Waals surface area contributed by atoms with E-state index in [1.54, 1.807) is 17.5 Å². The SMILES string of the molecule is CNc1nc(Cc2nc(C)cs2)ncc1Br. The van der Waals surface area contributed by atoms with Crippen molar-refractivity contribution in [3.8, 4) is 0 Å². The van der Waals surface area contributed by atoms with Gasteiger partial charge in [-0.25, -0.2) is 15.0 Å². The third kappa shape index (κ3) is 2.56. The van der Waals surface area contributed by atoms with E-state index in [2.05, 4.69) is 36.2 Å². The molecule has 0 amide bonds. The second-order valence-electron chi connectivity index (χ2n) is 3.29. The fraction of sp³-hybridized carbons (Fsp3) is 0.300. The summed E-state index contributed by atoms with van der Waals surface area (Å²) in [7, 11) is 1.84. The van der Waals surface area contributed by atoms with E-state index in [-0.39, 0.29) is 0 Å². The van der Waals surface area contributed by atoms with Gasteiger partial charge >= 0.3 is 0 Å². The quantitative estimate of drug-likeness (QED) is 0.946. The Morgan fingerprint density at radius 1 is 1.44 bits per heavy atom. The second-order valence-corrected chi connectivity index (χ2v) is 5.09. The molecule has 6 heteroatoms. The molecule has 2 rings (SSSR count). The van der Waals surface area contributed by atoms with Crippen LogP contribution in [-0.4, -0.2) is 22.0 Å². The molecule has 0 spiro atoms. The monoisotopic (exact) mass is 298 g/mol. The smallest absolute Gasteiger partial charge is 0.143 e. The lowest BCUT2D eigenvalue weighted by Crippen LogP contribution is -2.01. The van der Waals surface area contributed by atoms with Gasteiger partial charge in [-0.1, -0.05) is 0 Å². The maximum atomic E-state index is 4.39. The van der Waals surface area contributed by atoms with Gasteiger partial charge in [0.25, 0.3) is 0 Å². The van der Waals surface area contributed by atoms with E-state index in [9.17, 15) is 0 Å². The van der Waals surface area contributed by atoms with E-state index < -0.39 is 0 Å². The van der Waals surface area contributed by atoms with Gasteiger partial charge in [-0.05, 0) is 22.9 Å². The number of aromatic nitrogens is 3. The maximum absolute atomic E-state index is 4.39. The predicted molar refractivity (Wildman–Crippen MR) is 68.9 cm³/mol. The zero-order valence-electron chi connectivity index (χ0n) is 8.99. The Labute approximate surface area is 106 Å². The Hall–Kier alpha value is -1.01. The highest BCUT2D eigenvalue weighted by Crippen LogP contribution is 2.19. The number of aryl methyl sites for hydroxylation is 1. The van der Waals surface area contributed by atoms with Gasteiger partial charge in [-0.2, -0.15) is 0 Å². The van der Waals surface area contributed by atoms with Crippen molar-refractivity contribution >= 4 is 33.1 Å². The fourth-order valence-corrected chi connectivity index (χ4v) is 2.44. The molecule has 0 aromatic carbocycles. The Kier molecular flexibility index (Phi) is 3.50. The number of nitrogens with one attached hydrogen (secondary N) is 1. The Morgan fingerprint density at radius 2 is 2.25 bits per heavy atom. The molecule has 2 aromatic rings. The first-order chi connectivity index (χ1) is 7.69. The van der Waals surface area contributed by atoms with Crippen LogP contribution in [0, 0.1) is 6.92 Å². The lowest BCUT2D eigenvalue weighted by Gasteiger charge is -2.03. The first-order valence-electron chi connectivity index (χ1n) is 4.79. The predicted octanol–water partition coefficient (Wildman–Crippen LogP) is 2.64. The molecule has 0 saturated heterocycles. The highest BCUT2D eigenvalue weighted by molar-refractivity contribution is 9.10. The number of rotatable bonds is 3. The summed E-state index contributed by atoms with van der Waals surface area (Å²) in [5.74, 6) is 1.58. The van der Waals surface area contributed by atoms with E-state index in [4.69, 9.17) is 0 Å². The molecule has 16 heavy (non-hydrogen) atoms. The van der Waals surface area contributed by atoms with Crippen LogP contribution in [0.15, 0.2) is 16.0 Å². The van der Waals surface area contributed by atoms with E-state index in [0.29, 0.717) is 6.42 Å². The lowest BCUT2D eigenvalue weighted by atomic mass is 10.4. The largest absolute Gasteiger partial charge is 0.372 e. The van der Waals surface area contributed by atoms with Gasteiger partial charge in [0, 0.05) is 24.3 Å². The molecule has 84 valence electrons. The molecule has 0 aliphatic carbocycles. The molecule has 1 N–H and O–H groups in total. The number of hydrogen-bond donors (Lipinski definition) is 1. The molecule has 0 bridgehead atoms. The molecule has 2 aromatic heterocycles. The summed E-state index contributed by atoms with van der Waals surface area (Å²) in [5, 5.41) is 6.09. The van der Waals surface area contributed by atoms with E-state index in [0.717, 1.165) is 26.8 Å². The van der Waals surface area contributed by atoms with Crippen LogP contribution in [0.4, 0.5) is 5.82 Å². The van der Waals surface area contributed by atoms with Crippen molar-refractivity contribution in [1.29, 1.82) is 0 Å². The molecule has 0 aliphatic heterocycles. The molecule has 0 radical (unpaired) electrons. The minimum absolute atomic E-state index is 0.681. The average molecular weight is 299 g/mol. The Bertz CT molecular complexity index is 497. The third-order valence-corrected chi connectivity index (χ3v) is 3.55. The molecule has 0 unspecified atom stereocenters. The molecule has 0 fully saturated rings. The zero-order valence-corrected chi connectivity index (χ0v) is 11.4. The molecule has 0 saturated carbocycles. The van der Waals surface area contributed by atoms with Crippen molar-refractivity contribution in [2.45, 2.75) is 13.3 Å². The lowest BCUT2D eigenvalue weighted by molar-refractivity contribution is 0.948. The molecule has 0 atom stereocenters. The maximum Gasteiger partial charge on any atom is 0.143 e. The van der Waals surface area contributed by atoms with Crippen molar-refractivity contribution in [3.05, 3.63) is 32.6 Å². The highest BCUT2D eigenvalue weighted by atomic mass is 79.9. The zero-order chi connectivity index (χ0) is 11.5. The highest BCUT2D eigenvalue weighted by Gasteiger charge is 2.06. The Morgan fingerprint density at radius 3 is 2.88 bits per heavy atom. The van der Waals surface area contributed by atoms with Crippen molar-refractivity contribution in [2.75, 3.05) is 12.4 Å². The van der Waals surface area contributed by atoms with Crippen molar-refractivity contribution in [1.82, 2.24) is 15.0 Å². The van der Waals surface area contributed by atoms with Crippen LogP contribution >= 0.6 is 27.3 Å². The average Bonchev–Trinajstić information content (AvgIpc) is 2.67. The second kappa shape index (κ2) is 4.88. The summed E-state index contributed by atoms with van der Waals surface area (Å²) in [5.41, 5.74) is 1.05. The van der Waals surface area contributed by atoms with Gasteiger partial charge in [-0.15, -0.1) is 11.3 Å². The van der Waals surface area contributed by atoms with Crippen LogP contribution in [0.25, 0.3) is 0 Å². The van der Waals surface area contributed by atoms with Crippen LogP contribution < -0.4 is 5.32 Å². The van der Waals surface area contributed by atoms with Crippen LogP contribution in [0.5, 0.6) is 0 Å². The first-order valence-corrected chi connectivity index (χ1v) is 6.46. The fourth-order valence-electron chi connectivity index (χ4n) is 1.28. The number of thiazole rings is 1. The van der Waals surface area contributed by atoms with Crippen LogP contribution in [0.3, 0.4) is 0 Å². The van der Waals surface area contributed by atoms with Gasteiger partial charge in [0.1, 0.15) is 16.6 Å². The van der Waals surface area contributed by atoms with E-state index in [1.165, 1.54) is 0 Å². The minimum atomic E-state index is 0.681. The molecule has 4 nitrogen and oxygen atoms in total. The van der Waals surface area contributed by atoms with Gasteiger partial charge in [-0.3, -0.25) is 0 Å². The van der Waals surface area contributed by atoms with Gasteiger partial charge in [0.05, 0.1) is 10.9 Å². The topological polar surface area (TPSA) is 50.7 Å². The van der Waals surface area contributed by atoms with Crippen molar-refractivity contribution < 1.29 is 0 Å². The van der Waals surface area contributed by atoms with Crippen LogP contribution in [0.2, 0.25) is 0 Å². The first kappa shape index (κ1) is 11.5. The number of anilines is 1. The summed E-state index contributed by atoms with van der Waals surface area (Å²) < 4.78 is 0.870. The number of halogens is 1. The van der Waals surface area contributed by atoms with E-state index in [1.807, 2.05) is 19.4 Å². The molecule has 0 aliphatic rings. The molecule has 2 heterocycles. The summed E-state index contributed by atoms with van der Waals surface area (Å²) in [6, 6.07) is 0. The van der Waals surface area contributed by atoms with Crippen LogP contribution in [0.1, 0.15) is 16.5 Å². The van der Waals surface area contributed by atoms with Gasteiger partial charge in [0.15, 0.2) is 0 Å². The van der Waals surface area contributed by atoms with Crippen molar-refractivity contribution in [2.24, 2.45) is 0 Å². The summed E-state index contributed by atoms with van der Waals surface area (Å²) >= 11 is 5.02. The third-order valence-electron chi connectivity index (χ3n) is 2.01.